The SMILES string of the molecule is N#Cc1cccc(CNc2cccc(F)n2)c1. The van der Waals surface area contributed by atoms with E-state index in [2.05, 4.69) is 16.4 Å². The molecular weight excluding hydrogens is 217 g/mol. The Bertz CT molecular complexity index is 561. The van der Waals surface area contributed by atoms with Crippen LogP contribution in [0, 0.1) is 17.3 Å². The van der Waals surface area contributed by atoms with E-state index in [0.29, 0.717) is 17.9 Å². The Kier molecular flexibility index (Phi) is 3.31. The standard InChI is InChI=1S/C13H10FN3/c14-12-5-2-6-13(17-12)16-9-11-4-1-3-10(7-11)8-15/h1-7H,9H2,(H,16,17). The Morgan fingerprint density at radius 1 is 1.24 bits per heavy atom. The third-order valence-corrected chi connectivity index (χ3v) is 2.24. The number of hydrogen-bond donors (Lipinski definition) is 1. The maximum atomic E-state index is 12.8. The van der Waals surface area contributed by atoms with Gasteiger partial charge in [-0.3, -0.25) is 0 Å². The van der Waals surface area contributed by atoms with Crippen molar-refractivity contribution in [2.45, 2.75) is 6.54 Å². The van der Waals surface area contributed by atoms with Crippen molar-refractivity contribution in [2.75, 3.05) is 5.32 Å². The molecule has 0 radical (unpaired) electrons. The van der Waals surface area contributed by atoms with Gasteiger partial charge in [-0.15, -0.1) is 0 Å². The topological polar surface area (TPSA) is 48.7 Å². The van der Waals surface area contributed by atoms with E-state index in [0.717, 1.165) is 5.56 Å². The summed E-state index contributed by atoms with van der Waals surface area (Å²) >= 11 is 0. The number of pyridine rings is 1. The van der Waals surface area contributed by atoms with E-state index in [1.807, 2.05) is 12.1 Å². The van der Waals surface area contributed by atoms with Crippen molar-refractivity contribution in [1.82, 2.24) is 4.98 Å². The van der Waals surface area contributed by atoms with Crippen LogP contribution in [0.2, 0.25) is 0 Å². The summed E-state index contributed by atoms with van der Waals surface area (Å²) in [4.78, 5) is 3.69. The molecule has 0 spiro atoms. The van der Waals surface area contributed by atoms with Gasteiger partial charge in [0, 0.05) is 6.54 Å². The molecule has 1 N–H and O–H groups in total. The number of benzene rings is 1. The summed E-state index contributed by atoms with van der Waals surface area (Å²) in [5, 5.41) is 11.7. The van der Waals surface area contributed by atoms with E-state index in [9.17, 15) is 4.39 Å². The monoisotopic (exact) mass is 227 g/mol. The average molecular weight is 227 g/mol. The molecule has 3 nitrogen and oxygen atoms in total. The van der Waals surface area contributed by atoms with Crippen LogP contribution in [-0.4, -0.2) is 4.98 Å². The first-order chi connectivity index (χ1) is 8.28. The highest BCUT2D eigenvalue weighted by molar-refractivity contribution is 5.37. The van der Waals surface area contributed by atoms with Gasteiger partial charge >= 0.3 is 0 Å². The zero-order chi connectivity index (χ0) is 12.1. The molecule has 0 atom stereocenters. The first kappa shape index (κ1) is 11.1. The summed E-state index contributed by atoms with van der Waals surface area (Å²) in [6.45, 7) is 0.506. The highest BCUT2D eigenvalue weighted by atomic mass is 19.1. The van der Waals surface area contributed by atoms with Gasteiger partial charge in [0.1, 0.15) is 5.82 Å². The number of rotatable bonds is 3. The van der Waals surface area contributed by atoms with E-state index in [1.165, 1.54) is 6.07 Å². The molecule has 4 heteroatoms. The second-order valence-electron chi connectivity index (χ2n) is 3.51. The summed E-state index contributed by atoms with van der Waals surface area (Å²) in [6.07, 6.45) is 0. The predicted octanol–water partition coefficient (Wildman–Crippen LogP) is 2.70. The first-order valence-electron chi connectivity index (χ1n) is 5.13. The molecule has 1 aromatic carbocycles. The minimum Gasteiger partial charge on any atom is -0.366 e. The summed E-state index contributed by atoms with van der Waals surface area (Å²) in [7, 11) is 0. The normalized spacial score (nSPS) is 9.65. The summed E-state index contributed by atoms with van der Waals surface area (Å²) < 4.78 is 12.8. The van der Waals surface area contributed by atoms with E-state index < -0.39 is 5.95 Å². The fraction of sp³-hybridized carbons (Fsp3) is 0.0769. The maximum Gasteiger partial charge on any atom is 0.214 e. The van der Waals surface area contributed by atoms with Crippen molar-refractivity contribution in [3.05, 3.63) is 59.5 Å². The van der Waals surface area contributed by atoms with Gasteiger partial charge < -0.3 is 5.32 Å². The number of anilines is 1. The number of hydrogen-bond acceptors (Lipinski definition) is 3. The van der Waals surface area contributed by atoms with Crippen LogP contribution in [0.25, 0.3) is 0 Å². The van der Waals surface area contributed by atoms with Crippen LogP contribution >= 0.6 is 0 Å². The van der Waals surface area contributed by atoms with Crippen LogP contribution in [0.3, 0.4) is 0 Å². The number of halogens is 1. The number of aromatic nitrogens is 1. The number of nitriles is 1. The minimum atomic E-state index is -0.513. The summed E-state index contributed by atoms with van der Waals surface area (Å²) in [5.41, 5.74) is 1.56. The van der Waals surface area contributed by atoms with Crippen molar-refractivity contribution in [2.24, 2.45) is 0 Å². The van der Waals surface area contributed by atoms with Gasteiger partial charge in [-0.05, 0) is 29.8 Å². The molecule has 17 heavy (non-hydrogen) atoms. The van der Waals surface area contributed by atoms with Crippen LogP contribution < -0.4 is 5.32 Å². The molecule has 2 rings (SSSR count). The largest absolute Gasteiger partial charge is 0.366 e. The molecular formula is C13H10FN3. The molecule has 0 aliphatic rings. The molecule has 0 amide bonds. The van der Waals surface area contributed by atoms with Crippen LogP contribution in [0.4, 0.5) is 10.2 Å². The molecule has 0 unspecified atom stereocenters. The lowest BCUT2D eigenvalue weighted by molar-refractivity contribution is 0.585. The predicted molar refractivity (Wildman–Crippen MR) is 62.7 cm³/mol. The lowest BCUT2D eigenvalue weighted by atomic mass is 10.1. The molecule has 1 aromatic heterocycles. The van der Waals surface area contributed by atoms with Crippen LogP contribution in [-0.2, 0) is 6.54 Å². The fourth-order valence-electron chi connectivity index (χ4n) is 1.45. The van der Waals surface area contributed by atoms with Crippen LogP contribution in [0.1, 0.15) is 11.1 Å². The highest BCUT2D eigenvalue weighted by Gasteiger charge is 1.98. The Balaban J connectivity index is 2.05. The third-order valence-electron chi connectivity index (χ3n) is 2.24. The Labute approximate surface area is 98.5 Å². The van der Waals surface area contributed by atoms with E-state index >= 15 is 0 Å². The van der Waals surface area contributed by atoms with Crippen molar-refractivity contribution >= 4 is 5.82 Å². The van der Waals surface area contributed by atoms with Crippen molar-refractivity contribution in [3.63, 3.8) is 0 Å². The van der Waals surface area contributed by atoms with Gasteiger partial charge in [-0.1, -0.05) is 18.2 Å². The molecule has 1 heterocycles. The van der Waals surface area contributed by atoms with Gasteiger partial charge in [0.25, 0.3) is 0 Å². The smallest absolute Gasteiger partial charge is 0.214 e. The Morgan fingerprint density at radius 2 is 2.06 bits per heavy atom. The molecule has 0 fully saturated rings. The van der Waals surface area contributed by atoms with E-state index in [4.69, 9.17) is 5.26 Å². The molecule has 2 aromatic rings. The molecule has 84 valence electrons. The van der Waals surface area contributed by atoms with E-state index in [1.54, 1.807) is 24.3 Å². The van der Waals surface area contributed by atoms with Gasteiger partial charge in [0.15, 0.2) is 0 Å². The van der Waals surface area contributed by atoms with Crippen molar-refractivity contribution < 1.29 is 4.39 Å². The van der Waals surface area contributed by atoms with E-state index in [-0.39, 0.29) is 0 Å². The van der Waals surface area contributed by atoms with Crippen LogP contribution in [0.5, 0.6) is 0 Å². The zero-order valence-corrected chi connectivity index (χ0v) is 9.02. The first-order valence-corrected chi connectivity index (χ1v) is 5.13. The second kappa shape index (κ2) is 5.08. The lowest BCUT2D eigenvalue weighted by Crippen LogP contribution is -2.02. The quantitative estimate of drug-likeness (QED) is 0.820. The van der Waals surface area contributed by atoms with Gasteiger partial charge in [0.2, 0.25) is 5.95 Å². The maximum absolute atomic E-state index is 12.8. The third kappa shape index (κ3) is 3.02. The fourth-order valence-corrected chi connectivity index (χ4v) is 1.45. The second-order valence-corrected chi connectivity index (χ2v) is 3.51. The molecule has 0 saturated carbocycles. The minimum absolute atomic E-state index is 0.479. The molecule has 0 bridgehead atoms. The molecule has 0 aliphatic carbocycles. The van der Waals surface area contributed by atoms with Gasteiger partial charge in [0.05, 0.1) is 11.6 Å². The summed E-state index contributed by atoms with van der Waals surface area (Å²) in [6, 6.07) is 13.9. The zero-order valence-electron chi connectivity index (χ0n) is 9.02. The lowest BCUT2D eigenvalue weighted by Gasteiger charge is -2.05. The van der Waals surface area contributed by atoms with Crippen LogP contribution in [0.15, 0.2) is 42.5 Å². The number of nitrogens with one attached hydrogen (secondary N) is 1. The molecule has 0 aliphatic heterocycles. The Morgan fingerprint density at radius 3 is 2.82 bits per heavy atom. The Hall–Kier alpha value is -2.41. The van der Waals surface area contributed by atoms with Crippen molar-refractivity contribution in [3.8, 4) is 6.07 Å². The highest BCUT2D eigenvalue weighted by Crippen LogP contribution is 2.08. The summed E-state index contributed by atoms with van der Waals surface area (Å²) in [5.74, 6) is -0.0341. The molecule has 0 saturated heterocycles. The van der Waals surface area contributed by atoms with Crippen molar-refractivity contribution in [1.29, 1.82) is 5.26 Å². The van der Waals surface area contributed by atoms with Gasteiger partial charge in [-0.25, -0.2) is 4.98 Å². The average Bonchev–Trinajstić information content (AvgIpc) is 2.37. The van der Waals surface area contributed by atoms with Gasteiger partial charge in [-0.2, -0.15) is 9.65 Å². The number of nitrogens with zero attached hydrogens (tertiary/aromatic N) is 2.